The average Bonchev–Trinajstić information content (AvgIpc) is 2.98. The summed E-state index contributed by atoms with van der Waals surface area (Å²) in [5.41, 5.74) is 2.55. The second-order valence-corrected chi connectivity index (χ2v) is 4.97. The van der Waals surface area contributed by atoms with Crippen molar-refractivity contribution in [1.82, 2.24) is 15.3 Å². The second-order valence-electron chi connectivity index (χ2n) is 4.25. The first-order valence-corrected chi connectivity index (χ1v) is 7.20. The van der Waals surface area contributed by atoms with Gasteiger partial charge in [-0.15, -0.1) is 11.3 Å². The fourth-order valence-corrected chi connectivity index (χ4v) is 2.13. The van der Waals surface area contributed by atoms with Crippen LogP contribution in [-0.4, -0.2) is 35.2 Å². The molecule has 0 atom stereocenters. The minimum atomic E-state index is -4.45. The highest BCUT2D eigenvalue weighted by Crippen LogP contribution is 2.17. The Kier molecular flexibility index (Phi) is 5.31. The van der Waals surface area contributed by atoms with Gasteiger partial charge in [-0.3, -0.25) is 4.79 Å². The zero-order valence-corrected chi connectivity index (χ0v) is 12.1. The van der Waals surface area contributed by atoms with E-state index in [1.54, 1.807) is 5.51 Å². The van der Waals surface area contributed by atoms with Gasteiger partial charge >= 0.3 is 6.18 Å². The Labute approximate surface area is 128 Å². The van der Waals surface area contributed by atoms with E-state index in [-0.39, 0.29) is 11.6 Å². The molecule has 0 aromatic carbocycles. The third-order valence-electron chi connectivity index (χ3n) is 2.49. The van der Waals surface area contributed by atoms with E-state index in [0.29, 0.717) is 13.0 Å². The number of thiazole rings is 1. The molecule has 9 heteroatoms. The van der Waals surface area contributed by atoms with Gasteiger partial charge in [-0.25, -0.2) is 9.97 Å². The molecule has 22 heavy (non-hydrogen) atoms. The van der Waals surface area contributed by atoms with Gasteiger partial charge in [0.25, 0.3) is 5.91 Å². The number of carbonyl (C=O) groups excluding carboxylic acids is 1. The molecule has 0 aliphatic carbocycles. The van der Waals surface area contributed by atoms with Gasteiger partial charge in [0, 0.05) is 24.4 Å². The molecule has 1 amide bonds. The van der Waals surface area contributed by atoms with Crippen LogP contribution >= 0.6 is 11.3 Å². The van der Waals surface area contributed by atoms with Crippen molar-refractivity contribution in [2.75, 3.05) is 13.2 Å². The summed E-state index contributed by atoms with van der Waals surface area (Å²) in [6, 6.07) is 4.07. The Morgan fingerprint density at radius 2 is 2.18 bits per heavy atom. The number of nitrogens with one attached hydrogen (secondary N) is 1. The maximum atomic E-state index is 12.1. The summed E-state index contributed by atoms with van der Waals surface area (Å²) in [6.45, 7) is -1.09. The van der Waals surface area contributed by atoms with E-state index in [4.69, 9.17) is 0 Å². The van der Waals surface area contributed by atoms with Crippen molar-refractivity contribution in [3.8, 4) is 5.88 Å². The molecule has 2 aromatic heterocycles. The van der Waals surface area contributed by atoms with Crippen LogP contribution in [0, 0.1) is 0 Å². The molecule has 0 aliphatic rings. The smallest absolute Gasteiger partial charge is 0.422 e. The van der Waals surface area contributed by atoms with Crippen LogP contribution in [0.1, 0.15) is 16.2 Å². The van der Waals surface area contributed by atoms with Crippen molar-refractivity contribution >= 4 is 17.2 Å². The minimum Gasteiger partial charge on any atom is -0.468 e. The molecule has 2 heterocycles. The van der Waals surface area contributed by atoms with Crippen LogP contribution in [0.25, 0.3) is 0 Å². The normalized spacial score (nSPS) is 11.2. The zero-order chi connectivity index (χ0) is 16.0. The SMILES string of the molecule is O=C(NCCc1cscn1)c1cccc(OCC(F)(F)F)n1. The monoisotopic (exact) mass is 331 g/mol. The van der Waals surface area contributed by atoms with Gasteiger partial charge in [-0.2, -0.15) is 13.2 Å². The Hall–Kier alpha value is -2.16. The highest BCUT2D eigenvalue weighted by Gasteiger charge is 2.28. The van der Waals surface area contributed by atoms with E-state index in [1.165, 1.54) is 29.5 Å². The van der Waals surface area contributed by atoms with E-state index in [9.17, 15) is 18.0 Å². The van der Waals surface area contributed by atoms with Crippen LogP contribution in [0.4, 0.5) is 13.2 Å². The predicted octanol–water partition coefficient (Wildman–Crippen LogP) is 2.45. The molecule has 0 saturated carbocycles. The van der Waals surface area contributed by atoms with E-state index >= 15 is 0 Å². The molecular weight excluding hydrogens is 319 g/mol. The largest absolute Gasteiger partial charge is 0.468 e. The molecule has 2 aromatic rings. The fourth-order valence-electron chi connectivity index (χ4n) is 1.53. The maximum Gasteiger partial charge on any atom is 0.422 e. The lowest BCUT2D eigenvalue weighted by Gasteiger charge is -2.09. The topological polar surface area (TPSA) is 64.1 Å². The lowest BCUT2D eigenvalue weighted by molar-refractivity contribution is -0.154. The van der Waals surface area contributed by atoms with Gasteiger partial charge in [0.05, 0.1) is 11.2 Å². The molecule has 0 saturated heterocycles. The van der Waals surface area contributed by atoms with Crippen molar-refractivity contribution in [2.24, 2.45) is 0 Å². The number of halogens is 3. The Balaban J connectivity index is 1.86. The summed E-state index contributed by atoms with van der Waals surface area (Å²) in [5, 5.41) is 4.49. The van der Waals surface area contributed by atoms with Crippen LogP contribution in [0.3, 0.4) is 0 Å². The van der Waals surface area contributed by atoms with E-state index in [2.05, 4.69) is 20.0 Å². The molecule has 0 aliphatic heterocycles. The summed E-state index contributed by atoms with van der Waals surface area (Å²) in [4.78, 5) is 19.7. The summed E-state index contributed by atoms with van der Waals surface area (Å²) in [6.07, 6.45) is -3.88. The molecule has 2 rings (SSSR count). The van der Waals surface area contributed by atoms with Crippen LogP contribution in [0.2, 0.25) is 0 Å². The van der Waals surface area contributed by atoms with Crippen molar-refractivity contribution in [3.05, 3.63) is 40.5 Å². The molecule has 0 bridgehead atoms. The van der Waals surface area contributed by atoms with Crippen LogP contribution in [0.5, 0.6) is 5.88 Å². The quantitative estimate of drug-likeness (QED) is 0.883. The molecule has 0 fully saturated rings. The maximum absolute atomic E-state index is 12.1. The number of hydrogen-bond donors (Lipinski definition) is 1. The molecule has 0 unspecified atom stereocenters. The number of aromatic nitrogens is 2. The minimum absolute atomic E-state index is 0.00190. The van der Waals surface area contributed by atoms with E-state index in [0.717, 1.165) is 5.69 Å². The van der Waals surface area contributed by atoms with Gasteiger partial charge in [0.1, 0.15) is 5.69 Å². The Bertz CT molecular complexity index is 617. The second kappa shape index (κ2) is 7.21. The number of nitrogens with zero attached hydrogens (tertiary/aromatic N) is 2. The number of alkyl halides is 3. The fraction of sp³-hybridized carbons (Fsp3) is 0.308. The van der Waals surface area contributed by atoms with Gasteiger partial charge in [-0.1, -0.05) is 6.07 Å². The van der Waals surface area contributed by atoms with E-state index < -0.39 is 18.7 Å². The molecule has 0 radical (unpaired) electrons. The van der Waals surface area contributed by atoms with Crippen molar-refractivity contribution in [1.29, 1.82) is 0 Å². The van der Waals surface area contributed by atoms with Crippen LogP contribution < -0.4 is 10.1 Å². The van der Waals surface area contributed by atoms with Crippen molar-refractivity contribution < 1.29 is 22.7 Å². The highest BCUT2D eigenvalue weighted by atomic mass is 32.1. The summed E-state index contributed by atoms with van der Waals surface area (Å²) in [5.74, 6) is -0.725. The van der Waals surface area contributed by atoms with Crippen LogP contribution in [0.15, 0.2) is 29.1 Å². The summed E-state index contributed by atoms with van der Waals surface area (Å²) in [7, 11) is 0. The molecule has 118 valence electrons. The molecule has 5 nitrogen and oxygen atoms in total. The van der Waals surface area contributed by atoms with Crippen molar-refractivity contribution in [2.45, 2.75) is 12.6 Å². The first-order valence-electron chi connectivity index (χ1n) is 6.26. The highest BCUT2D eigenvalue weighted by molar-refractivity contribution is 7.07. The summed E-state index contributed by atoms with van der Waals surface area (Å²) < 4.78 is 40.7. The average molecular weight is 331 g/mol. The number of ether oxygens (including phenoxy) is 1. The lowest BCUT2D eigenvalue weighted by atomic mass is 10.3. The Morgan fingerprint density at radius 1 is 1.36 bits per heavy atom. The van der Waals surface area contributed by atoms with Crippen molar-refractivity contribution in [3.63, 3.8) is 0 Å². The first-order chi connectivity index (χ1) is 10.4. The van der Waals surface area contributed by atoms with Crippen LogP contribution in [-0.2, 0) is 6.42 Å². The molecule has 1 N–H and O–H groups in total. The number of hydrogen-bond acceptors (Lipinski definition) is 5. The summed E-state index contributed by atoms with van der Waals surface area (Å²) >= 11 is 1.46. The number of rotatable bonds is 6. The third-order valence-corrected chi connectivity index (χ3v) is 3.13. The third kappa shape index (κ3) is 5.32. The number of amides is 1. The van der Waals surface area contributed by atoms with Gasteiger partial charge < -0.3 is 10.1 Å². The predicted molar refractivity (Wildman–Crippen MR) is 73.9 cm³/mol. The lowest BCUT2D eigenvalue weighted by Crippen LogP contribution is -2.27. The Morgan fingerprint density at radius 3 is 2.86 bits per heavy atom. The molecule has 0 spiro atoms. The van der Waals surface area contributed by atoms with Gasteiger partial charge in [0.2, 0.25) is 5.88 Å². The number of pyridine rings is 1. The standard InChI is InChI=1S/C13H12F3N3O2S/c14-13(15,16)7-21-11-3-1-2-10(19-11)12(20)17-5-4-9-6-22-8-18-9/h1-3,6,8H,4-5,7H2,(H,17,20). The van der Waals surface area contributed by atoms with Gasteiger partial charge in [-0.05, 0) is 6.07 Å². The van der Waals surface area contributed by atoms with Gasteiger partial charge in [0.15, 0.2) is 6.61 Å². The van der Waals surface area contributed by atoms with E-state index in [1.807, 2.05) is 5.38 Å². The number of carbonyl (C=O) groups is 1. The zero-order valence-electron chi connectivity index (χ0n) is 11.3. The first kappa shape index (κ1) is 16.2. The molecular formula is C13H12F3N3O2S.